The van der Waals surface area contributed by atoms with Gasteiger partial charge in [-0.05, 0) is 17.7 Å². The molecule has 0 bridgehead atoms. The second kappa shape index (κ2) is 7.34. The van der Waals surface area contributed by atoms with Crippen molar-refractivity contribution >= 4 is 29.1 Å². The highest BCUT2D eigenvalue weighted by Crippen LogP contribution is 2.20. The number of hydrogen-bond donors (Lipinski definition) is 4. The minimum atomic E-state index is -1.24. The SMILES string of the molecule is C[C@H]1CC(=O)NN=C1c1ccc(N=NC(C(N)=O)=C(O)C(N)=O)cc1. The molecule has 0 fully saturated rings. The maximum atomic E-state index is 11.3. The summed E-state index contributed by atoms with van der Waals surface area (Å²) in [7, 11) is 0. The molecule has 6 N–H and O–H groups in total. The number of benzene rings is 1. The Bertz CT molecular complexity index is 810. The van der Waals surface area contributed by atoms with Gasteiger partial charge in [0.2, 0.25) is 11.7 Å². The fourth-order valence-electron chi connectivity index (χ4n) is 2.14. The zero-order chi connectivity index (χ0) is 18.6. The molecule has 25 heavy (non-hydrogen) atoms. The predicted octanol–water partition coefficient (Wildman–Crippen LogP) is 0.371. The van der Waals surface area contributed by atoms with E-state index in [9.17, 15) is 19.5 Å². The fourth-order valence-corrected chi connectivity index (χ4v) is 2.14. The van der Waals surface area contributed by atoms with Crippen LogP contribution in [0.2, 0.25) is 0 Å². The molecule has 0 radical (unpaired) electrons. The Morgan fingerprint density at radius 3 is 2.40 bits per heavy atom. The number of rotatable bonds is 5. The number of carbonyl (C=O) groups excluding carboxylic acids is 3. The molecule has 0 unspecified atom stereocenters. The first-order chi connectivity index (χ1) is 11.8. The molecule has 2 rings (SSSR count). The first-order valence-electron chi connectivity index (χ1n) is 7.21. The molecule has 0 saturated carbocycles. The molecule has 130 valence electrons. The molecule has 1 aromatic rings. The normalized spacial score (nSPS) is 18.4. The van der Waals surface area contributed by atoms with Gasteiger partial charge in [-0.2, -0.15) is 10.2 Å². The molecular formula is C15H16N6O4. The Balaban J connectivity index is 2.23. The Labute approximate surface area is 142 Å². The lowest BCUT2D eigenvalue weighted by molar-refractivity contribution is -0.122. The van der Waals surface area contributed by atoms with Gasteiger partial charge in [0.05, 0.1) is 11.4 Å². The number of hydrogen-bond acceptors (Lipinski definition) is 7. The van der Waals surface area contributed by atoms with Gasteiger partial charge in [0.1, 0.15) is 0 Å². The summed E-state index contributed by atoms with van der Waals surface area (Å²) in [6.07, 6.45) is 0.347. The van der Waals surface area contributed by atoms with Crippen LogP contribution in [-0.2, 0) is 14.4 Å². The van der Waals surface area contributed by atoms with Crippen molar-refractivity contribution in [1.29, 1.82) is 0 Å². The smallest absolute Gasteiger partial charge is 0.286 e. The highest BCUT2D eigenvalue weighted by Gasteiger charge is 2.21. The molecule has 3 amide bonds. The monoisotopic (exact) mass is 344 g/mol. The quantitative estimate of drug-likeness (QED) is 0.343. The topological polar surface area (TPSA) is 173 Å². The number of carbonyl (C=O) groups is 3. The maximum absolute atomic E-state index is 11.3. The molecule has 0 aliphatic carbocycles. The molecule has 1 aromatic carbocycles. The molecular weight excluding hydrogens is 328 g/mol. The Morgan fingerprint density at radius 1 is 1.24 bits per heavy atom. The number of azo groups is 1. The number of aliphatic hydroxyl groups is 1. The van der Waals surface area contributed by atoms with E-state index in [4.69, 9.17) is 11.5 Å². The number of nitrogens with zero attached hydrogens (tertiary/aromatic N) is 3. The van der Waals surface area contributed by atoms with E-state index in [1.165, 1.54) is 0 Å². The summed E-state index contributed by atoms with van der Waals surface area (Å²) in [6, 6.07) is 6.60. The van der Waals surface area contributed by atoms with E-state index in [1.807, 2.05) is 6.92 Å². The van der Waals surface area contributed by atoms with Gasteiger partial charge in [0, 0.05) is 12.3 Å². The van der Waals surface area contributed by atoms with Crippen LogP contribution >= 0.6 is 0 Å². The third kappa shape index (κ3) is 4.25. The van der Waals surface area contributed by atoms with Gasteiger partial charge in [-0.25, -0.2) is 5.43 Å². The van der Waals surface area contributed by atoms with E-state index in [2.05, 4.69) is 20.8 Å². The molecule has 0 saturated heterocycles. The number of nitrogens with two attached hydrogens (primary N) is 2. The van der Waals surface area contributed by atoms with Crippen molar-refractivity contribution in [3.8, 4) is 0 Å². The van der Waals surface area contributed by atoms with Gasteiger partial charge in [-0.15, -0.1) is 5.11 Å². The summed E-state index contributed by atoms with van der Waals surface area (Å²) >= 11 is 0. The van der Waals surface area contributed by atoms with E-state index >= 15 is 0 Å². The summed E-state index contributed by atoms with van der Waals surface area (Å²) in [6.45, 7) is 1.89. The van der Waals surface area contributed by atoms with Crippen molar-refractivity contribution in [1.82, 2.24) is 5.43 Å². The predicted molar refractivity (Wildman–Crippen MR) is 87.5 cm³/mol. The number of hydrazone groups is 1. The van der Waals surface area contributed by atoms with Crippen molar-refractivity contribution in [2.24, 2.45) is 32.7 Å². The Morgan fingerprint density at radius 2 is 1.88 bits per heavy atom. The Hall–Kier alpha value is -3.56. The van der Waals surface area contributed by atoms with E-state index in [0.717, 1.165) is 11.3 Å². The van der Waals surface area contributed by atoms with Crippen LogP contribution in [0, 0.1) is 5.92 Å². The van der Waals surface area contributed by atoms with Crippen LogP contribution in [-0.4, -0.2) is 28.5 Å². The maximum Gasteiger partial charge on any atom is 0.286 e. The van der Waals surface area contributed by atoms with Gasteiger partial charge in [-0.3, -0.25) is 14.4 Å². The first kappa shape index (κ1) is 17.8. The van der Waals surface area contributed by atoms with Crippen LogP contribution in [0.3, 0.4) is 0 Å². The van der Waals surface area contributed by atoms with Gasteiger partial charge < -0.3 is 16.6 Å². The molecule has 1 atom stereocenters. The summed E-state index contributed by atoms with van der Waals surface area (Å²) < 4.78 is 0. The average molecular weight is 344 g/mol. The summed E-state index contributed by atoms with van der Waals surface area (Å²) in [5.74, 6) is -3.61. The van der Waals surface area contributed by atoms with E-state index in [1.54, 1.807) is 24.3 Å². The molecule has 1 heterocycles. The fraction of sp³-hybridized carbons (Fsp3) is 0.200. The highest BCUT2D eigenvalue weighted by atomic mass is 16.3. The van der Waals surface area contributed by atoms with Gasteiger partial charge in [0.25, 0.3) is 11.8 Å². The average Bonchev–Trinajstić information content (AvgIpc) is 2.55. The Kier molecular flexibility index (Phi) is 5.22. The lowest BCUT2D eigenvalue weighted by Gasteiger charge is -2.19. The molecule has 1 aliphatic heterocycles. The molecule has 1 aliphatic rings. The molecule has 0 aromatic heterocycles. The van der Waals surface area contributed by atoms with E-state index in [-0.39, 0.29) is 11.8 Å². The van der Waals surface area contributed by atoms with E-state index in [0.29, 0.717) is 12.1 Å². The van der Waals surface area contributed by atoms with Crippen LogP contribution in [0.4, 0.5) is 5.69 Å². The molecule has 10 heteroatoms. The van der Waals surface area contributed by atoms with Crippen LogP contribution in [0.25, 0.3) is 0 Å². The zero-order valence-corrected chi connectivity index (χ0v) is 13.3. The number of aliphatic hydroxyl groups excluding tert-OH is 1. The summed E-state index contributed by atoms with van der Waals surface area (Å²) in [5, 5.41) is 20.7. The molecule has 0 spiro atoms. The minimum absolute atomic E-state index is 0.0295. The lowest BCUT2D eigenvalue weighted by Crippen LogP contribution is -2.31. The highest BCUT2D eigenvalue weighted by molar-refractivity contribution is 6.05. The summed E-state index contributed by atoms with van der Waals surface area (Å²) in [4.78, 5) is 33.3. The second-order valence-corrected chi connectivity index (χ2v) is 5.31. The van der Waals surface area contributed by atoms with Crippen molar-refractivity contribution in [3.63, 3.8) is 0 Å². The van der Waals surface area contributed by atoms with Gasteiger partial charge >= 0.3 is 0 Å². The van der Waals surface area contributed by atoms with Crippen LogP contribution < -0.4 is 16.9 Å². The minimum Gasteiger partial charge on any atom is -0.501 e. The van der Waals surface area contributed by atoms with Crippen molar-refractivity contribution in [3.05, 3.63) is 41.3 Å². The summed E-state index contributed by atoms with van der Waals surface area (Å²) in [5.41, 5.74) is 13.4. The van der Waals surface area contributed by atoms with E-state index < -0.39 is 23.3 Å². The molecule has 10 nitrogen and oxygen atoms in total. The second-order valence-electron chi connectivity index (χ2n) is 5.31. The first-order valence-corrected chi connectivity index (χ1v) is 7.21. The number of amides is 3. The van der Waals surface area contributed by atoms with Crippen LogP contribution in [0.1, 0.15) is 18.9 Å². The van der Waals surface area contributed by atoms with Crippen molar-refractivity contribution in [2.75, 3.05) is 0 Å². The third-order valence-electron chi connectivity index (χ3n) is 3.38. The lowest BCUT2D eigenvalue weighted by atomic mass is 9.94. The largest absolute Gasteiger partial charge is 0.501 e. The van der Waals surface area contributed by atoms with Crippen LogP contribution in [0.15, 0.2) is 51.1 Å². The van der Waals surface area contributed by atoms with Crippen molar-refractivity contribution < 1.29 is 19.5 Å². The van der Waals surface area contributed by atoms with Crippen LogP contribution in [0.5, 0.6) is 0 Å². The standard InChI is InChI=1S/C15H16N6O4/c1-7-6-10(22)19-20-11(7)8-2-4-9(5-3-8)18-21-12(14(16)24)13(23)15(17)25/h2-5,7,23H,6H2,1H3,(H2,16,24)(H2,17,25)(H,19,22)/t7-/m0/s1. The third-order valence-corrected chi connectivity index (χ3v) is 3.38. The van der Waals surface area contributed by atoms with Crippen molar-refractivity contribution in [2.45, 2.75) is 13.3 Å². The zero-order valence-electron chi connectivity index (χ0n) is 13.3. The van der Waals surface area contributed by atoms with Gasteiger partial charge in [-0.1, -0.05) is 19.1 Å². The number of primary amides is 2. The number of nitrogens with one attached hydrogen (secondary N) is 1. The van der Waals surface area contributed by atoms with Gasteiger partial charge in [0.15, 0.2) is 5.70 Å².